The fraction of sp³-hybridized carbons (Fsp3) is 0.200. The molecule has 0 heterocycles. The van der Waals surface area contributed by atoms with Gasteiger partial charge in [-0.25, -0.2) is 0 Å². The number of hydrogen-bond acceptors (Lipinski definition) is 2. The van der Waals surface area contributed by atoms with Crippen LogP contribution in [0.25, 0.3) is 0 Å². The summed E-state index contributed by atoms with van der Waals surface area (Å²) in [7, 11) is 1.58. The Morgan fingerprint density at radius 3 is 1.97 bits per heavy atom. The van der Waals surface area contributed by atoms with Gasteiger partial charge in [-0.1, -0.05) is 89.9 Å². The minimum atomic E-state index is -0.696. The molecule has 0 aliphatic rings. The molecule has 0 fully saturated rings. The third-order valence-electron chi connectivity index (χ3n) is 5.12. The second-order valence-corrected chi connectivity index (χ2v) is 8.02. The van der Waals surface area contributed by atoms with Crippen molar-refractivity contribution >= 4 is 35.0 Å². The predicted octanol–water partition coefficient (Wildman–Crippen LogP) is 4.92. The summed E-state index contributed by atoms with van der Waals surface area (Å²) in [4.78, 5) is 28.0. The zero-order chi connectivity index (χ0) is 22.2. The lowest BCUT2D eigenvalue weighted by molar-refractivity contribution is -0.140. The van der Waals surface area contributed by atoms with E-state index < -0.39 is 6.04 Å². The normalized spacial score (nSPS) is 11.6. The molecular formula is C25H24Cl2N2O2. The highest BCUT2D eigenvalue weighted by Gasteiger charge is 2.30. The minimum absolute atomic E-state index is 0.0897. The second kappa shape index (κ2) is 11.0. The first-order valence-corrected chi connectivity index (χ1v) is 10.8. The van der Waals surface area contributed by atoms with E-state index in [1.807, 2.05) is 66.7 Å². The molecule has 3 aromatic rings. The van der Waals surface area contributed by atoms with E-state index in [2.05, 4.69) is 5.32 Å². The summed E-state index contributed by atoms with van der Waals surface area (Å²) in [6.45, 7) is 0.216. The van der Waals surface area contributed by atoms with Crippen molar-refractivity contribution in [1.29, 1.82) is 0 Å². The van der Waals surface area contributed by atoms with E-state index in [0.29, 0.717) is 22.0 Å². The van der Waals surface area contributed by atoms with Crippen molar-refractivity contribution in [1.82, 2.24) is 10.2 Å². The van der Waals surface area contributed by atoms with E-state index in [-0.39, 0.29) is 24.8 Å². The summed E-state index contributed by atoms with van der Waals surface area (Å²) in [5.41, 5.74) is 2.46. The highest BCUT2D eigenvalue weighted by atomic mass is 35.5. The lowest BCUT2D eigenvalue weighted by Gasteiger charge is -2.31. The quantitative estimate of drug-likeness (QED) is 0.524. The van der Waals surface area contributed by atoms with Crippen molar-refractivity contribution in [2.24, 2.45) is 0 Å². The summed E-state index contributed by atoms with van der Waals surface area (Å²) in [5.74, 6) is -0.430. The molecule has 1 atom stereocenters. The van der Waals surface area contributed by atoms with Crippen LogP contribution in [0.4, 0.5) is 0 Å². The topological polar surface area (TPSA) is 49.4 Å². The highest BCUT2D eigenvalue weighted by Crippen LogP contribution is 2.22. The number of carbonyl (C=O) groups is 2. The first-order chi connectivity index (χ1) is 15.0. The number of hydrogen-bond donors (Lipinski definition) is 1. The van der Waals surface area contributed by atoms with Gasteiger partial charge < -0.3 is 10.2 Å². The maximum absolute atomic E-state index is 13.5. The van der Waals surface area contributed by atoms with Crippen LogP contribution in [0.2, 0.25) is 10.0 Å². The Morgan fingerprint density at radius 1 is 0.839 bits per heavy atom. The summed E-state index contributed by atoms with van der Waals surface area (Å²) in [5, 5.41) is 3.78. The van der Waals surface area contributed by atoms with Gasteiger partial charge >= 0.3 is 0 Å². The van der Waals surface area contributed by atoms with Crippen molar-refractivity contribution in [3.05, 3.63) is 106 Å². The molecule has 0 spiro atoms. The van der Waals surface area contributed by atoms with Crippen molar-refractivity contribution in [3.8, 4) is 0 Å². The average Bonchev–Trinajstić information content (AvgIpc) is 2.79. The van der Waals surface area contributed by atoms with Crippen molar-refractivity contribution in [2.45, 2.75) is 25.4 Å². The zero-order valence-corrected chi connectivity index (χ0v) is 18.7. The average molecular weight is 455 g/mol. The molecule has 160 valence electrons. The standard InChI is InChI=1S/C25H24Cl2N2O2/c1-28-25(31)23(15-18-9-3-2-4-10-18)29(17-20-12-6-8-14-22(20)27)24(30)16-19-11-5-7-13-21(19)26/h2-14,23H,15-17H2,1H3,(H,28,31)/t23-/m0/s1. The maximum Gasteiger partial charge on any atom is 0.242 e. The van der Waals surface area contributed by atoms with E-state index >= 15 is 0 Å². The van der Waals surface area contributed by atoms with E-state index in [4.69, 9.17) is 23.2 Å². The van der Waals surface area contributed by atoms with Gasteiger partial charge in [-0.15, -0.1) is 0 Å². The number of halogens is 2. The van der Waals surface area contributed by atoms with Gasteiger partial charge in [0.2, 0.25) is 11.8 Å². The largest absolute Gasteiger partial charge is 0.357 e. The van der Waals surface area contributed by atoms with Crippen LogP contribution in [0.15, 0.2) is 78.9 Å². The number of nitrogens with zero attached hydrogens (tertiary/aromatic N) is 1. The van der Waals surface area contributed by atoms with Crippen LogP contribution >= 0.6 is 23.2 Å². The minimum Gasteiger partial charge on any atom is -0.357 e. The number of benzene rings is 3. The second-order valence-electron chi connectivity index (χ2n) is 7.20. The summed E-state index contributed by atoms with van der Waals surface area (Å²) < 4.78 is 0. The Labute approximate surface area is 192 Å². The van der Waals surface area contributed by atoms with Crippen LogP contribution in [0.1, 0.15) is 16.7 Å². The van der Waals surface area contributed by atoms with E-state index in [9.17, 15) is 9.59 Å². The molecule has 2 amide bonds. The zero-order valence-electron chi connectivity index (χ0n) is 17.2. The van der Waals surface area contributed by atoms with Gasteiger partial charge in [0, 0.05) is 30.1 Å². The van der Waals surface area contributed by atoms with Gasteiger partial charge in [0.05, 0.1) is 6.42 Å². The molecule has 0 saturated heterocycles. The Hall–Kier alpha value is -2.82. The SMILES string of the molecule is CNC(=O)[C@H](Cc1ccccc1)N(Cc1ccccc1Cl)C(=O)Cc1ccccc1Cl. The predicted molar refractivity (Wildman–Crippen MR) is 125 cm³/mol. The maximum atomic E-state index is 13.5. The van der Waals surface area contributed by atoms with E-state index in [1.54, 1.807) is 24.1 Å². The van der Waals surface area contributed by atoms with E-state index in [1.165, 1.54) is 0 Å². The lowest BCUT2D eigenvalue weighted by Crippen LogP contribution is -2.50. The van der Waals surface area contributed by atoms with Gasteiger partial charge in [0.25, 0.3) is 0 Å². The molecule has 6 heteroatoms. The molecule has 0 aromatic heterocycles. The van der Waals surface area contributed by atoms with Gasteiger partial charge in [0.15, 0.2) is 0 Å². The molecule has 0 bridgehead atoms. The van der Waals surface area contributed by atoms with Crippen LogP contribution in [-0.2, 0) is 29.0 Å². The van der Waals surface area contributed by atoms with Crippen molar-refractivity contribution in [2.75, 3.05) is 7.05 Å². The number of likely N-dealkylation sites (N-methyl/N-ethyl adjacent to an activating group) is 1. The summed E-state index contributed by atoms with van der Waals surface area (Å²) in [6.07, 6.45) is 0.478. The molecule has 0 aliphatic heterocycles. The van der Waals surface area contributed by atoms with Gasteiger partial charge in [-0.2, -0.15) is 0 Å². The van der Waals surface area contributed by atoms with E-state index in [0.717, 1.165) is 11.1 Å². The van der Waals surface area contributed by atoms with Crippen LogP contribution in [0.5, 0.6) is 0 Å². The number of nitrogens with one attached hydrogen (secondary N) is 1. The fourth-order valence-electron chi connectivity index (χ4n) is 3.44. The molecule has 3 aromatic carbocycles. The molecule has 0 unspecified atom stereocenters. The number of rotatable bonds is 8. The van der Waals surface area contributed by atoms with Crippen LogP contribution in [-0.4, -0.2) is 29.8 Å². The molecule has 0 saturated carbocycles. The third-order valence-corrected chi connectivity index (χ3v) is 5.85. The molecule has 0 radical (unpaired) electrons. The van der Waals surface area contributed by atoms with Crippen LogP contribution in [0, 0.1) is 0 Å². The van der Waals surface area contributed by atoms with Crippen molar-refractivity contribution < 1.29 is 9.59 Å². The Kier molecular flexibility index (Phi) is 8.10. The summed E-state index contributed by atoms with van der Waals surface area (Å²) >= 11 is 12.7. The third kappa shape index (κ3) is 6.09. The van der Waals surface area contributed by atoms with Gasteiger partial charge in [0.1, 0.15) is 6.04 Å². The first-order valence-electron chi connectivity index (χ1n) is 10.0. The van der Waals surface area contributed by atoms with Crippen molar-refractivity contribution in [3.63, 3.8) is 0 Å². The highest BCUT2D eigenvalue weighted by molar-refractivity contribution is 6.31. The smallest absolute Gasteiger partial charge is 0.242 e. The molecule has 4 nitrogen and oxygen atoms in total. The first kappa shape index (κ1) is 22.9. The van der Waals surface area contributed by atoms with Crippen LogP contribution in [0.3, 0.4) is 0 Å². The monoisotopic (exact) mass is 454 g/mol. The number of amides is 2. The molecule has 0 aliphatic carbocycles. The summed E-state index contributed by atoms with van der Waals surface area (Å²) in [6, 6.07) is 23.5. The Balaban J connectivity index is 1.97. The van der Waals surface area contributed by atoms with Gasteiger partial charge in [-0.05, 0) is 28.8 Å². The fourth-order valence-corrected chi connectivity index (χ4v) is 3.83. The Bertz CT molecular complexity index is 1040. The number of carbonyl (C=O) groups excluding carboxylic acids is 2. The van der Waals surface area contributed by atoms with Gasteiger partial charge in [-0.3, -0.25) is 9.59 Å². The Morgan fingerprint density at radius 2 is 1.39 bits per heavy atom. The molecule has 1 N–H and O–H groups in total. The molecular weight excluding hydrogens is 431 g/mol. The molecule has 31 heavy (non-hydrogen) atoms. The lowest BCUT2D eigenvalue weighted by atomic mass is 10.0. The van der Waals surface area contributed by atoms with Crippen LogP contribution < -0.4 is 5.32 Å². The molecule has 3 rings (SSSR count).